The van der Waals surface area contributed by atoms with E-state index in [9.17, 15) is 9.18 Å². The number of likely N-dealkylation sites (tertiary alicyclic amines) is 1. The minimum Gasteiger partial charge on any atom is -0.383 e. The summed E-state index contributed by atoms with van der Waals surface area (Å²) in [7, 11) is 1.70. The van der Waals surface area contributed by atoms with Crippen molar-refractivity contribution in [2.24, 2.45) is 5.41 Å². The smallest absolute Gasteiger partial charge is 0.257 e. The first kappa shape index (κ1) is 17.3. The molecule has 6 nitrogen and oxygen atoms in total. The molecule has 1 atom stereocenters. The number of nitrogens with zero attached hydrogens (tertiary/aromatic N) is 3. The van der Waals surface area contributed by atoms with Gasteiger partial charge in [0.05, 0.1) is 31.6 Å². The second kappa shape index (κ2) is 7.55. The summed E-state index contributed by atoms with van der Waals surface area (Å²) >= 11 is 0. The second-order valence-electron chi connectivity index (χ2n) is 6.65. The zero-order chi connectivity index (χ0) is 17.0. The molecule has 24 heavy (non-hydrogen) atoms. The molecule has 132 valence electrons. The number of halogens is 1. The largest absolute Gasteiger partial charge is 0.383 e. The van der Waals surface area contributed by atoms with Crippen molar-refractivity contribution in [3.8, 4) is 0 Å². The molecule has 0 bridgehead atoms. The van der Waals surface area contributed by atoms with E-state index >= 15 is 0 Å². The van der Waals surface area contributed by atoms with Gasteiger partial charge in [-0.05, 0) is 19.0 Å². The Morgan fingerprint density at radius 3 is 3.12 bits per heavy atom. The van der Waals surface area contributed by atoms with Crippen molar-refractivity contribution in [2.45, 2.75) is 6.42 Å². The van der Waals surface area contributed by atoms with E-state index in [2.05, 4.69) is 9.88 Å². The highest BCUT2D eigenvalue weighted by Crippen LogP contribution is 2.33. The molecule has 0 N–H and O–H groups in total. The Bertz CT molecular complexity index is 586. The Labute approximate surface area is 141 Å². The standard InChI is InChI=1S/C17H24FN3O3/c1-23-8-6-20-5-3-17(11-20)12-21(7-9-24-13-17)16(22)14-2-4-19-10-15(14)18/h2,4,10H,3,5-9,11-13H2,1H3/t17-/m1/s1. The van der Waals surface area contributed by atoms with E-state index in [1.54, 1.807) is 12.0 Å². The molecular formula is C17H24FN3O3. The van der Waals surface area contributed by atoms with Crippen LogP contribution in [0.3, 0.4) is 0 Å². The van der Waals surface area contributed by atoms with Gasteiger partial charge in [-0.25, -0.2) is 4.39 Å². The topological polar surface area (TPSA) is 54.9 Å². The number of carbonyl (C=O) groups is 1. The highest BCUT2D eigenvalue weighted by Gasteiger charge is 2.42. The lowest BCUT2D eigenvalue weighted by atomic mass is 9.87. The Hall–Kier alpha value is -1.57. The van der Waals surface area contributed by atoms with Crippen LogP contribution in [0.25, 0.3) is 0 Å². The third kappa shape index (κ3) is 3.74. The Morgan fingerprint density at radius 2 is 2.33 bits per heavy atom. The van der Waals surface area contributed by atoms with Crippen LogP contribution in [0.1, 0.15) is 16.8 Å². The number of methoxy groups -OCH3 is 1. The molecule has 0 unspecified atom stereocenters. The first-order chi connectivity index (χ1) is 11.6. The predicted molar refractivity (Wildman–Crippen MR) is 86.3 cm³/mol. The van der Waals surface area contributed by atoms with Crippen molar-refractivity contribution in [3.05, 3.63) is 29.8 Å². The number of pyridine rings is 1. The Morgan fingerprint density at radius 1 is 1.46 bits per heavy atom. The lowest BCUT2D eigenvalue weighted by Crippen LogP contribution is -2.43. The van der Waals surface area contributed by atoms with Crippen molar-refractivity contribution >= 4 is 5.91 Å². The van der Waals surface area contributed by atoms with E-state index in [1.807, 2.05) is 0 Å². The van der Waals surface area contributed by atoms with Crippen LogP contribution < -0.4 is 0 Å². The molecule has 2 aliphatic rings. The normalized spacial score (nSPS) is 25.2. The third-order valence-electron chi connectivity index (χ3n) is 4.86. The molecule has 2 fully saturated rings. The average Bonchev–Trinajstić information content (AvgIpc) is 2.86. The summed E-state index contributed by atoms with van der Waals surface area (Å²) in [6, 6.07) is 1.44. The highest BCUT2D eigenvalue weighted by atomic mass is 19.1. The van der Waals surface area contributed by atoms with E-state index in [4.69, 9.17) is 9.47 Å². The maximum absolute atomic E-state index is 13.9. The number of hydrogen-bond acceptors (Lipinski definition) is 5. The van der Waals surface area contributed by atoms with E-state index in [0.717, 1.165) is 32.3 Å². The Kier molecular flexibility index (Phi) is 5.43. The highest BCUT2D eigenvalue weighted by molar-refractivity contribution is 5.94. The quantitative estimate of drug-likeness (QED) is 0.821. The SMILES string of the molecule is COCCN1CC[C@@]2(COCCN(C(=O)c3ccncc3F)C2)C1. The summed E-state index contributed by atoms with van der Waals surface area (Å²) in [5.74, 6) is -0.857. The van der Waals surface area contributed by atoms with Gasteiger partial charge in [-0.2, -0.15) is 0 Å². The lowest BCUT2D eigenvalue weighted by Gasteiger charge is -2.32. The summed E-state index contributed by atoms with van der Waals surface area (Å²) in [6.07, 6.45) is 3.50. The summed E-state index contributed by atoms with van der Waals surface area (Å²) in [5, 5.41) is 0. The van der Waals surface area contributed by atoms with Crippen LogP contribution in [-0.4, -0.2) is 80.3 Å². The average molecular weight is 337 g/mol. The summed E-state index contributed by atoms with van der Waals surface area (Å²) < 4.78 is 24.8. The minimum absolute atomic E-state index is 0.0799. The van der Waals surface area contributed by atoms with Crippen LogP contribution >= 0.6 is 0 Å². The van der Waals surface area contributed by atoms with Crippen LogP contribution in [0, 0.1) is 11.2 Å². The number of rotatable bonds is 4. The lowest BCUT2D eigenvalue weighted by molar-refractivity contribution is 0.0626. The fourth-order valence-electron chi connectivity index (χ4n) is 3.57. The molecule has 1 spiro atoms. The van der Waals surface area contributed by atoms with Crippen molar-refractivity contribution < 1.29 is 18.7 Å². The van der Waals surface area contributed by atoms with Crippen LogP contribution in [0.5, 0.6) is 0 Å². The second-order valence-corrected chi connectivity index (χ2v) is 6.65. The Balaban J connectivity index is 1.71. The van der Waals surface area contributed by atoms with Crippen molar-refractivity contribution in [1.82, 2.24) is 14.8 Å². The van der Waals surface area contributed by atoms with Crippen LogP contribution in [0.2, 0.25) is 0 Å². The molecule has 0 aromatic carbocycles. The zero-order valence-corrected chi connectivity index (χ0v) is 14.0. The minimum atomic E-state index is -0.574. The van der Waals surface area contributed by atoms with Crippen LogP contribution in [0.4, 0.5) is 4.39 Å². The van der Waals surface area contributed by atoms with Gasteiger partial charge in [0.25, 0.3) is 5.91 Å². The van der Waals surface area contributed by atoms with Crippen molar-refractivity contribution in [1.29, 1.82) is 0 Å². The molecule has 0 saturated carbocycles. The monoisotopic (exact) mass is 337 g/mol. The van der Waals surface area contributed by atoms with Gasteiger partial charge < -0.3 is 19.3 Å². The van der Waals surface area contributed by atoms with Gasteiger partial charge in [-0.15, -0.1) is 0 Å². The van der Waals surface area contributed by atoms with Gasteiger partial charge in [0.1, 0.15) is 0 Å². The van der Waals surface area contributed by atoms with Crippen LogP contribution in [0.15, 0.2) is 18.5 Å². The number of hydrogen-bond donors (Lipinski definition) is 0. The van der Waals surface area contributed by atoms with Gasteiger partial charge in [-0.1, -0.05) is 0 Å². The number of aromatic nitrogens is 1. The van der Waals surface area contributed by atoms with Gasteiger partial charge in [-0.3, -0.25) is 9.78 Å². The van der Waals surface area contributed by atoms with Gasteiger partial charge >= 0.3 is 0 Å². The van der Waals surface area contributed by atoms with Crippen molar-refractivity contribution in [3.63, 3.8) is 0 Å². The molecule has 2 saturated heterocycles. The molecule has 2 aliphatic heterocycles. The molecule has 3 rings (SSSR count). The number of ether oxygens (including phenoxy) is 2. The van der Waals surface area contributed by atoms with Crippen molar-refractivity contribution in [2.75, 3.05) is 59.7 Å². The van der Waals surface area contributed by atoms with E-state index < -0.39 is 5.82 Å². The van der Waals surface area contributed by atoms with Gasteiger partial charge in [0.15, 0.2) is 5.82 Å². The maximum atomic E-state index is 13.9. The van der Waals surface area contributed by atoms with Gasteiger partial charge in [0.2, 0.25) is 0 Å². The molecule has 7 heteroatoms. The summed E-state index contributed by atoms with van der Waals surface area (Å²) in [6.45, 7) is 5.62. The zero-order valence-electron chi connectivity index (χ0n) is 14.0. The third-order valence-corrected chi connectivity index (χ3v) is 4.86. The molecule has 1 amide bonds. The first-order valence-electron chi connectivity index (χ1n) is 8.31. The number of carbonyl (C=O) groups excluding carboxylic acids is 1. The van der Waals surface area contributed by atoms with Gasteiger partial charge in [0, 0.05) is 44.9 Å². The van der Waals surface area contributed by atoms with E-state index in [-0.39, 0.29) is 16.9 Å². The first-order valence-corrected chi connectivity index (χ1v) is 8.31. The molecule has 1 aromatic rings. The molecule has 1 aromatic heterocycles. The maximum Gasteiger partial charge on any atom is 0.257 e. The molecule has 0 aliphatic carbocycles. The summed E-state index contributed by atoms with van der Waals surface area (Å²) in [4.78, 5) is 20.5. The predicted octanol–water partition coefficient (Wildman–Crippen LogP) is 1.03. The van der Waals surface area contributed by atoms with E-state index in [0.29, 0.717) is 32.9 Å². The fraction of sp³-hybridized carbons (Fsp3) is 0.647. The van der Waals surface area contributed by atoms with E-state index in [1.165, 1.54) is 12.3 Å². The molecule has 0 radical (unpaired) electrons. The number of amides is 1. The molecular weight excluding hydrogens is 313 g/mol. The molecule has 3 heterocycles. The fourth-order valence-corrected chi connectivity index (χ4v) is 3.57. The van der Waals surface area contributed by atoms with Crippen LogP contribution in [-0.2, 0) is 9.47 Å². The summed E-state index contributed by atoms with van der Waals surface area (Å²) in [5.41, 5.74) is -0.0000579.